The van der Waals surface area contributed by atoms with Crippen molar-refractivity contribution < 1.29 is 66.1 Å². The van der Waals surface area contributed by atoms with E-state index in [4.69, 9.17) is 25.7 Å². The van der Waals surface area contributed by atoms with Crippen molar-refractivity contribution in [1.29, 1.82) is 0 Å². The van der Waals surface area contributed by atoms with Gasteiger partial charge in [-0.3, -0.25) is 34.0 Å². The molecule has 0 bridgehead atoms. The van der Waals surface area contributed by atoms with Crippen LogP contribution in [0.15, 0.2) is 24.5 Å². The summed E-state index contributed by atoms with van der Waals surface area (Å²) < 4.78 is 61.6. The summed E-state index contributed by atoms with van der Waals surface area (Å²) in [5.41, 5.74) is 3.62. The number of halogens is 1. The van der Waals surface area contributed by atoms with Crippen molar-refractivity contribution >= 4 is 43.6 Å². The molecule has 2 fully saturated rings. The molecule has 0 radical (unpaired) electrons. The third-order valence-corrected chi connectivity index (χ3v) is 16.5. The van der Waals surface area contributed by atoms with E-state index < -0.39 is 52.7 Å². The van der Waals surface area contributed by atoms with Crippen LogP contribution >= 0.6 is 0 Å². The first kappa shape index (κ1) is 53.2. The van der Waals surface area contributed by atoms with Crippen LogP contribution in [0.5, 0.6) is 0 Å². The molecule has 24 heteroatoms. The molecule has 368 valence electrons. The van der Waals surface area contributed by atoms with Crippen LogP contribution in [0.3, 0.4) is 0 Å². The predicted octanol–water partition coefficient (Wildman–Crippen LogP) is -1.80. The largest absolute Gasteiger partial charge is 0.396 e. The molecule has 6 rings (SSSR count). The molecule has 0 spiro atoms. The van der Waals surface area contributed by atoms with E-state index in [1.807, 2.05) is 0 Å². The molecular weight excluding hydrogens is 932 g/mol. The summed E-state index contributed by atoms with van der Waals surface area (Å²) in [5, 5.41) is 44.9. The number of fused-ring (bicyclic) bond motifs is 2. The molecule has 2 saturated heterocycles. The molecule has 0 aromatic carbocycles. The third-order valence-electron chi connectivity index (χ3n) is 12.4. The number of carbonyl (C=O) groups is 4. The number of β-amino-alcohol motifs (C(OH)–C–C–N with tert-alkyl or cyclic N) is 1. The number of alkyl halides is 1. The fourth-order valence-electron chi connectivity index (χ4n) is 7.68. The molecule has 68 heavy (non-hydrogen) atoms. The molecule has 2 aromatic heterocycles. The zero-order valence-electron chi connectivity index (χ0n) is 38.0. The molecule has 6 heterocycles. The van der Waals surface area contributed by atoms with Gasteiger partial charge in [-0.1, -0.05) is 17.8 Å². The van der Waals surface area contributed by atoms with Crippen molar-refractivity contribution in [2.24, 2.45) is 11.8 Å². The fourth-order valence-corrected chi connectivity index (χ4v) is 9.37. The number of nitrogens with zero attached hydrogens (tertiary/aromatic N) is 6. The Kier molecular flexibility index (Phi) is 17.0. The Hall–Kier alpha value is -5.77. The monoisotopic (exact) mass is 986 g/mol. The summed E-state index contributed by atoms with van der Waals surface area (Å²) in [6, 6.07) is 2.70. The normalized spacial score (nSPS) is 18.2. The van der Waals surface area contributed by atoms with Gasteiger partial charge in [0.1, 0.15) is 0 Å². The third kappa shape index (κ3) is 12.1. The Morgan fingerprint density at radius 1 is 0.765 bits per heavy atom. The van der Waals surface area contributed by atoms with Crippen LogP contribution in [0, 0.1) is 59.2 Å². The van der Waals surface area contributed by atoms with Crippen LogP contribution in [0.2, 0.25) is 0 Å². The lowest BCUT2D eigenvalue weighted by atomic mass is 9.97. The second kappa shape index (κ2) is 21.7. The van der Waals surface area contributed by atoms with Gasteiger partial charge in [-0.15, -0.1) is 0 Å². The van der Waals surface area contributed by atoms with Crippen molar-refractivity contribution in [2.45, 2.75) is 54.9 Å². The molecular formula is C44H55FN8O13S2. The van der Waals surface area contributed by atoms with Gasteiger partial charge in [0.25, 0.3) is 11.8 Å². The Bertz CT molecular complexity index is 2750. The lowest BCUT2D eigenvalue weighted by Gasteiger charge is -2.40. The van der Waals surface area contributed by atoms with Crippen LogP contribution in [0.1, 0.15) is 49.2 Å². The molecule has 4 aliphatic heterocycles. The fraction of sp³-hybridized carbons (Fsp3) is 0.545. The maximum absolute atomic E-state index is 14.2. The Morgan fingerprint density at radius 2 is 1.22 bits per heavy atom. The number of carbonyl (C=O) groups excluding carboxylic acids is 4. The summed E-state index contributed by atoms with van der Waals surface area (Å²) in [5.74, 6) is 19.9. The number of hydroxylamine groups is 2. The highest BCUT2D eigenvalue weighted by Crippen LogP contribution is 2.28. The predicted molar refractivity (Wildman–Crippen MR) is 241 cm³/mol. The quantitative estimate of drug-likeness (QED) is 0.0555. The van der Waals surface area contributed by atoms with Gasteiger partial charge in [0, 0.05) is 125 Å². The minimum atomic E-state index is -3.86. The lowest BCUT2D eigenvalue weighted by molar-refractivity contribution is -0.132. The Labute approximate surface area is 394 Å². The van der Waals surface area contributed by atoms with Gasteiger partial charge in [-0.2, -0.15) is 0 Å². The molecule has 0 aliphatic carbocycles. The van der Waals surface area contributed by atoms with Crippen LogP contribution in [0.4, 0.5) is 14.0 Å². The molecule has 2 aromatic rings. The SMILES string of the molecule is CC(CCN1Cc2cc(C#CC#CC3CN(CC(CO)CO)C3)cn2C1=O)(C(=O)NO)S(C)(=O)=O.C[C@@](CCN1Cc2cc(C#CC#CC3(F)CN(CCO)C3)cn2C1=O)(C(=O)NO)S(C)(=O)=O. The summed E-state index contributed by atoms with van der Waals surface area (Å²) in [6.07, 6.45) is 4.55. The molecule has 1 unspecified atom stereocenters. The topological polar surface area (TPSA) is 285 Å². The van der Waals surface area contributed by atoms with E-state index >= 15 is 0 Å². The number of aliphatic hydroxyl groups is 3. The zero-order chi connectivity index (χ0) is 50.2. The number of amides is 4. The van der Waals surface area contributed by atoms with Gasteiger partial charge in [-0.25, -0.2) is 41.8 Å². The van der Waals surface area contributed by atoms with E-state index in [2.05, 4.69) is 52.3 Å². The maximum Gasteiger partial charge on any atom is 0.328 e. The number of hydrogen-bond donors (Lipinski definition) is 7. The summed E-state index contributed by atoms with van der Waals surface area (Å²) >= 11 is 0. The first-order valence-electron chi connectivity index (χ1n) is 21.2. The molecule has 2 atom stereocenters. The molecule has 4 amide bonds. The number of rotatable bonds is 16. The first-order chi connectivity index (χ1) is 31.9. The smallest absolute Gasteiger partial charge is 0.328 e. The van der Waals surface area contributed by atoms with E-state index in [1.54, 1.807) is 23.2 Å². The molecule has 4 aliphatic rings. The van der Waals surface area contributed by atoms with E-state index in [1.165, 1.54) is 49.9 Å². The van der Waals surface area contributed by atoms with Gasteiger partial charge in [0.15, 0.2) is 34.8 Å². The molecule has 21 nitrogen and oxygen atoms in total. The number of aliphatic hydroxyl groups excluding tert-OH is 3. The van der Waals surface area contributed by atoms with Gasteiger partial charge in [-0.05, 0) is 68.4 Å². The van der Waals surface area contributed by atoms with Crippen molar-refractivity contribution in [2.75, 3.05) is 84.7 Å². The summed E-state index contributed by atoms with van der Waals surface area (Å²) in [7, 11) is -7.71. The average Bonchev–Trinajstić information content (AvgIpc) is 4.01. The number of aromatic nitrogens is 2. The first-order valence-corrected chi connectivity index (χ1v) is 25.0. The number of nitrogens with one attached hydrogen (secondary N) is 2. The minimum Gasteiger partial charge on any atom is -0.396 e. The number of hydrogen-bond acceptors (Lipinski definition) is 15. The van der Waals surface area contributed by atoms with Crippen LogP contribution in [0.25, 0.3) is 0 Å². The van der Waals surface area contributed by atoms with E-state index in [-0.39, 0.29) is 89.8 Å². The molecule has 0 saturated carbocycles. The van der Waals surface area contributed by atoms with Crippen molar-refractivity contribution in [3.63, 3.8) is 0 Å². The van der Waals surface area contributed by atoms with Crippen LogP contribution in [-0.2, 0) is 42.4 Å². The van der Waals surface area contributed by atoms with Crippen molar-refractivity contribution in [3.05, 3.63) is 47.0 Å². The summed E-state index contributed by atoms with van der Waals surface area (Å²) in [4.78, 5) is 55.9. The van der Waals surface area contributed by atoms with Gasteiger partial charge < -0.3 is 30.0 Å². The van der Waals surface area contributed by atoms with Gasteiger partial charge in [0.2, 0.25) is 0 Å². The Morgan fingerprint density at radius 3 is 1.62 bits per heavy atom. The minimum absolute atomic E-state index is 0.0136. The lowest BCUT2D eigenvalue weighted by Crippen LogP contribution is -2.58. The van der Waals surface area contributed by atoms with Crippen LogP contribution in [-0.4, -0.2) is 195 Å². The van der Waals surface area contributed by atoms with E-state index in [9.17, 15) is 40.4 Å². The average molecular weight is 987 g/mol. The van der Waals surface area contributed by atoms with Crippen molar-refractivity contribution in [1.82, 2.24) is 39.7 Å². The maximum atomic E-state index is 14.2. The van der Waals surface area contributed by atoms with Gasteiger partial charge >= 0.3 is 12.1 Å². The highest BCUT2D eigenvalue weighted by Gasteiger charge is 2.46. The Balaban J connectivity index is 0.000000255. The zero-order valence-corrected chi connectivity index (χ0v) is 39.6. The van der Waals surface area contributed by atoms with E-state index in [0.717, 1.165) is 25.6 Å². The molecule has 7 N–H and O–H groups in total. The van der Waals surface area contributed by atoms with Crippen molar-refractivity contribution in [3.8, 4) is 47.4 Å². The second-order valence-electron chi connectivity index (χ2n) is 17.5. The van der Waals surface area contributed by atoms with E-state index in [0.29, 0.717) is 35.6 Å². The standard InChI is InChI=1S/C23H30N4O7S.C21H25FN4O6S/c1-23(21(30)24-32,35(2,33)34)7-8-26-14-20-9-17(13-27(20)22(26)31)5-3-4-6-18-10-25(11-18)12-19(15-28)16-29;1-20(18(28)23-30,33(2,31)32)7-8-25-13-17-11-16(12-26(17)19(25)29)5-3-4-6-21(22)14-24(15-21)9-10-27/h9,13,18-19,28-29,32H,7-8,10-12,14-16H2,1-2H3,(H,24,30);11-12,27,30H,7-10,13-15H2,1-2H3,(H,23,28)/t;20-/m.1/s1. The second-order valence-corrected chi connectivity index (χ2v) is 22.4. The van der Waals surface area contributed by atoms with Crippen LogP contribution < -0.4 is 11.0 Å². The highest BCUT2D eigenvalue weighted by atomic mass is 32.2. The highest BCUT2D eigenvalue weighted by molar-refractivity contribution is 7.93. The number of likely N-dealkylation sites (tertiary alicyclic amines) is 2. The summed E-state index contributed by atoms with van der Waals surface area (Å²) in [6.45, 7) is 5.57. The van der Waals surface area contributed by atoms with Gasteiger partial charge in [0.05, 0.1) is 19.7 Å². The number of sulfone groups is 2.